The van der Waals surface area contributed by atoms with Crippen molar-refractivity contribution in [3.05, 3.63) is 33.3 Å². The van der Waals surface area contributed by atoms with Crippen LogP contribution in [0.3, 0.4) is 0 Å². The van der Waals surface area contributed by atoms with Crippen LogP contribution in [0.25, 0.3) is 0 Å². The first-order chi connectivity index (χ1) is 9.06. The summed E-state index contributed by atoms with van der Waals surface area (Å²) in [5, 5.41) is 4.44. The van der Waals surface area contributed by atoms with E-state index in [1.54, 1.807) is 12.1 Å². The van der Waals surface area contributed by atoms with E-state index in [0.29, 0.717) is 10.6 Å². The molecule has 0 spiro atoms. The lowest BCUT2D eigenvalue weighted by Crippen LogP contribution is -2.51. The lowest BCUT2D eigenvalue weighted by molar-refractivity contribution is 0.0886. The molecule has 1 fully saturated rings. The zero-order chi connectivity index (χ0) is 13.9. The quantitative estimate of drug-likeness (QED) is 0.705. The van der Waals surface area contributed by atoms with Gasteiger partial charge in [-0.1, -0.05) is 62.7 Å². The zero-order valence-electron chi connectivity index (χ0n) is 10.5. The fourth-order valence-corrected chi connectivity index (χ4v) is 3.96. The molecule has 0 unspecified atom stereocenters. The number of carbonyl (C=O) groups excluding carboxylic acids is 1. The Labute approximate surface area is 135 Å². The zero-order valence-corrected chi connectivity index (χ0v) is 14.4. The summed E-state index contributed by atoms with van der Waals surface area (Å²) in [6, 6.07) is 5.34. The second kappa shape index (κ2) is 6.59. The van der Waals surface area contributed by atoms with Crippen molar-refractivity contribution in [1.82, 2.24) is 5.32 Å². The second-order valence-corrected chi connectivity index (χ2v) is 6.94. The van der Waals surface area contributed by atoms with Crippen LogP contribution in [0.2, 0.25) is 5.02 Å². The number of benzene rings is 1. The highest BCUT2D eigenvalue weighted by Gasteiger charge is 2.33. The van der Waals surface area contributed by atoms with E-state index in [4.69, 9.17) is 11.6 Å². The van der Waals surface area contributed by atoms with Crippen LogP contribution in [-0.4, -0.2) is 16.8 Å². The predicted molar refractivity (Wildman–Crippen MR) is 86.2 cm³/mol. The molecular weight excluding hydrogens is 393 g/mol. The molecule has 104 valence electrons. The van der Waals surface area contributed by atoms with Crippen LogP contribution >= 0.6 is 43.5 Å². The van der Waals surface area contributed by atoms with E-state index >= 15 is 0 Å². The summed E-state index contributed by atoms with van der Waals surface area (Å²) in [5.74, 6) is -0.0844. The number of hydrogen-bond donors (Lipinski definition) is 1. The minimum Gasteiger partial charge on any atom is -0.346 e. The standard InChI is InChI=1S/C14H16Br2ClNO/c15-9-14(6-2-1-3-7-14)18-13(19)11-5-4-10(16)8-12(11)17/h4-5,8H,1-3,6-7,9H2,(H,18,19). The molecule has 0 heterocycles. The third-order valence-electron chi connectivity index (χ3n) is 3.62. The molecule has 0 bridgehead atoms. The van der Waals surface area contributed by atoms with E-state index in [0.717, 1.165) is 22.6 Å². The van der Waals surface area contributed by atoms with Crippen molar-refractivity contribution in [2.75, 3.05) is 5.33 Å². The van der Waals surface area contributed by atoms with E-state index in [2.05, 4.69) is 37.2 Å². The van der Waals surface area contributed by atoms with Crippen molar-refractivity contribution >= 4 is 49.4 Å². The van der Waals surface area contributed by atoms with E-state index in [-0.39, 0.29) is 11.4 Å². The maximum atomic E-state index is 12.4. The summed E-state index contributed by atoms with van der Waals surface area (Å²) in [6.45, 7) is 0. The van der Waals surface area contributed by atoms with E-state index in [1.807, 2.05) is 6.07 Å². The third kappa shape index (κ3) is 3.73. The number of amides is 1. The summed E-state index contributed by atoms with van der Waals surface area (Å²) >= 11 is 13.0. The van der Waals surface area contributed by atoms with Gasteiger partial charge in [-0.15, -0.1) is 0 Å². The highest BCUT2D eigenvalue weighted by molar-refractivity contribution is 9.10. The molecule has 1 aliphatic carbocycles. The van der Waals surface area contributed by atoms with Gasteiger partial charge in [0, 0.05) is 9.80 Å². The number of carbonyl (C=O) groups is 1. The van der Waals surface area contributed by atoms with Crippen LogP contribution in [0.4, 0.5) is 0 Å². The normalized spacial score (nSPS) is 18.1. The minimum absolute atomic E-state index is 0.0844. The topological polar surface area (TPSA) is 29.1 Å². The van der Waals surface area contributed by atoms with Crippen molar-refractivity contribution in [3.63, 3.8) is 0 Å². The first-order valence-electron chi connectivity index (χ1n) is 6.40. The first-order valence-corrected chi connectivity index (χ1v) is 8.69. The van der Waals surface area contributed by atoms with Crippen LogP contribution in [0.1, 0.15) is 42.5 Å². The Bertz CT molecular complexity index is 473. The highest BCUT2D eigenvalue weighted by atomic mass is 79.9. The van der Waals surface area contributed by atoms with Crippen molar-refractivity contribution in [3.8, 4) is 0 Å². The van der Waals surface area contributed by atoms with Gasteiger partial charge in [0.2, 0.25) is 0 Å². The molecule has 0 aliphatic heterocycles. The molecule has 5 heteroatoms. The molecule has 0 atom stereocenters. The predicted octanol–water partition coefficient (Wildman–Crippen LogP) is 4.93. The minimum atomic E-state index is -0.119. The fourth-order valence-electron chi connectivity index (χ4n) is 2.50. The largest absolute Gasteiger partial charge is 0.346 e. The molecule has 1 saturated carbocycles. The number of hydrogen-bond acceptors (Lipinski definition) is 1. The average Bonchev–Trinajstić information content (AvgIpc) is 2.39. The van der Waals surface area contributed by atoms with Crippen LogP contribution < -0.4 is 5.32 Å². The Kier molecular flexibility index (Phi) is 5.32. The van der Waals surface area contributed by atoms with Gasteiger partial charge in [-0.05, 0) is 31.0 Å². The Morgan fingerprint density at radius 1 is 1.32 bits per heavy atom. The summed E-state index contributed by atoms with van der Waals surface area (Å²) in [5.41, 5.74) is 0.418. The Balaban J connectivity index is 2.15. The van der Waals surface area contributed by atoms with Crippen LogP contribution in [0, 0.1) is 0 Å². The molecule has 1 aromatic carbocycles. The van der Waals surface area contributed by atoms with Gasteiger partial charge in [0.05, 0.1) is 16.1 Å². The molecule has 0 saturated heterocycles. The monoisotopic (exact) mass is 407 g/mol. The van der Waals surface area contributed by atoms with Gasteiger partial charge < -0.3 is 5.32 Å². The molecule has 1 N–H and O–H groups in total. The van der Waals surface area contributed by atoms with Gasteiger partial charge >= 0.3 is 0 Å². The number of rotatable bonds is 3. The summed E-state index contributed by atoms with van der Waals surface area (Å²) in [7, 11) is 0. The van der Waals surface area contributed by atoms with Crippen molar-refractivity contribution in [2.24, 2.45) is 0 Å². The van der Waals surface area contributed by atoms with E-state index in [1.165, 1.54) is 19.3 Å². The molecule has 1 aliphatic rings. The van der Waals surface area contributed by atoms with Gasteiger partial charge in [0.15, 0.2) is 0 Å². The van der Waals surface area contributed by atoms with Gasteiger partial charge in [-0.25, -0.2) is 0 Å². The number of nitrogens with one attached hydrogen (secondary N) is 1. The van der Waals surface area contributed by atoms with Gasteiger partial charge in [-0.2, -0.15) is 0 Å². The lowest BCUT2D eigenvalue weighted by atomic mass is 9.83. The molecule has 2 nitrogen and oxygen atoms in total. The molecule has 2 rings (SSSR count). The Morgan fingerprint density at radius 2 is 2.00 bits per heavy atom. The van der Waals surface area contributed by atoms with E-state index < -0.39 is 0 Å². The Hall–Kier alpha value is -0.0600. The van der Waals surface area contributed by atoms with Crippen LogP contribution in [-0.2, 0) is 0 Å². The van der Waals surface area contributed by atoms with Crippen LogP contribution in [0.5, 0.6) is 0 Å². The summed E-state index contributed by atoms with van der Waals surface area (Å²) < 4.78 is 0.877. The molecular formula is C14H16Br2ClNO. The molecule has 0 radical (unpaired) electrons. The number of alkyl halides is 1. The SMILES string of the molecule is O=C(NC1(CBr)CCCCC1)c1ccc(Br)cc1Cl. The maximum absolute atomic E-state index is 12.4. The lowest BCUT2D eigenvalue weighted by Gasteiger charge is -2.36. The smallest absolute Gasteiger partial charge is 0.253 e. The molecule has 1 aromatic rings. The van der Waals surface area contributed by atoms with Crippen molar-refractivity contribution < 1.29 is 4.79 Å². The highest BCUT2D eigenvalue weighted by Crippen LogP contribution is 2.31. The summed E-state index contributed by atoms with van der Waals surface area (Å²) in [4.78, 5) is 12.4. The number of halogens is 3. The average molecular weight is 410 g/mol. The van der Waals surface area contributed by atoms with E-state index in [9.17, 15) is 4.79 Å². The van der Waals surface area contributed by atoms with Gasteiger partial charge in [-0.3, -0.25) is 4.79 Å². The fraction of sp³-hybridized carbons (Fsp3) is 0.500. The second-order valence-electron chi connectivity index (χ2n) is 5.05. The first kappa shape index (κ1) is 15.3. The maximum Gasteiger partial charge on any atom is 0.253 e. The van der Waals surface area contributed by atoms with Crippen molar-refractivity contribution in [1.29, 1.82) is 0 Å². The molecule has 0 aromatic heterocycles. The molecule has 1 amide bonds. The summed E-state index contributed by atoms with van der Waals surface area (Å²) in [6.07, 6.45) is 5.64. The Morgan fingerprint density at radius 3 is 2.58 bits per heavy atom. The van der Waals surface area contributed by atoms with Crippen molar-refractivity contribution in [2.45, 2.75) is 37.6 Å². The van der Waals surface area contributed by atoms with Crippen LogP contribution in [0.15, 0.2) is 22.7 Å². The molecule has 19 heavy (non-hydrogen) atoms. The third-order valence-corrected chi connectivity index (χ3v) is 5.50. The van der Waals surface area contributed by atoms with Gasteiger partial charge in [0.25, 0.3) is 5.91 Å². The van der Waals surface area contributed by atoms with Gasteiger partial charge in [0.1, 0.15) is 0 Å².